The molecule has 0 spiro atoms. The molecule has 1 N–H and O–H groups in total. The molecule has 43 heavy (non-hydrogen) atoms. The lowest BCUT2D eigenvalue weighted by atomic mass is 9.60. The maximum atomic E-state index is 14.4. The van der Waals surface area contributed by atoms with E-state index < -0.39 is 24.9 Å². The van der Waals surface area contributed by atoms with E-state index in [1.807, 2.05) is 36.4 Å². The summed E-state index contributed by atoms with van der Waals surface area (Å²) < 4.78 is 32.2. The first-order valence-electron chi connectivity index (χ1n) is 14.5. The molecule has 0 radical (unpaired) electrons. The third-order valence-corrected chi connectivity index (χ3v) is 9.77. The highest BCUT2D eigenvalue weighted by Gasteiger charge is 2.59. The molecular formula is C34H36NO7P. The lowest BCUT2D eigenvalue weighted by Crippen LogP contribution is -2.55. The Balaban J connectivity index is 1.51. The van der Waals surface area contributed by atoms with Gasteiger partial charge in [-0.05, 0) is 61.1 Å². The van der Waals surface area contributed by atoms with E-state index in [1.165, 1.54) is 0 Å². The molecule has 0 amide bonds. The number of para-hydroxylation sites is 2. The van der Waals surface area contributed by atoms with Gasteiger partial charge in [-0.1, -0.05) is 97.1 Å². The van der Waals surface area contributed by atoms with Crippen molar-refractivity contribution in [1.29, 1.82) is 0 Å². The van der Waals surface area contributed by atoms with Gasteiger partial charge in [0.05, 0.1) is 0 Å². The van der Waals surface area contributed by atoms with E-state index in [0.29, 0.717) is 12.8 Å². The minimum atomic E-state index is -4.44. The number of aliphatic hydroxyl groups is 1. The maximum Gasteiger partial charge on any atom is 0.588 e. The minimum absolute atomic E-state index is 0.0987. The molecule has 0 bridgehead atoms. The van der Waals surface area contributed by atoms with Crippen LogP contribution in [0.25, 0.3) is 0 Å². The largest absolute Gasteiger partial charge is 0.588 e. The first kappa shape index (κ1) is 30.5. The Hall–Kier alpha value is -3.97. The summed E-state index contributed by atoms with van der Waals surface area (Å²) in [7, 11) is -4.44. The van der Waals surface area contributed by atoms with Crippen molar-refractivity contribution in [3.63, 3.8) is 0 Å². The van der Waals surface area contributed by atoms with E-state index in [1.54, 1.807) is 60.7 Å². The van der Waals surface area contributed by atoms with Gasteiger partial charge in [-0.25, -0.2) is 4.57 Å². The lowest BCUT2D eigenvalue weighted by molar-refractivity contribution is -0.587. The molecule has 4 aromatic rings. The summed E-state index contributed by atoms with van der Waals surface area (Å²) >= 11 is 0. The minimum Gasteiger partial charge on any atom is -0.396 e. The summed E-state index contributed by atoms with van der Waals surface area (Å²) in [5.41, 5.74) is 0.166. The van der Waals surface area contributed by atoms with Gasteiger partial charge >= 0.3 is 7.82 Å². The van der Waals surface area contributed by atoms with Crippen LogP contribution in [0.1, 0.15) is 49.7 Å². The van der Waals surface area contributed by atoms with Crippen molar-refractivity contribution in [2.75, 3.05) is 6.61 Å². The molecule has 0 aliphatic heterocycles. The Morgan fingerprint density at radius 3 is 1.53 bits per heavy atom. The summed E-state index contributed by atoms with van der Waals surface area (Å²) in [6, 6.07) is 37.1. The highest BCUT2D eigenvalue weighted by atomic mass is 31.2. The normalized spacial score (nSPS) is 16.6. The maximum absolute atomic E-state index is 14.4. The fourth-order valence-electron chi connectivity index (χ4n) is 6.12. The topological polar surface area (TPSA) is 108 Å². The van der Waals surface area contributed by atoms with Gasteiger partial charge in [0, 0.05) is 29.8 Å². The summed E-state index contributed by atoms with van der Waals surface area (Å²) in [4.78, 5) is 12.8. The van der Waals surface area contributed by atoms with Crippen LogP contribution in [-0.4, -0.2) is 28.3 Å². The number of phosphoric acid groups is 1. The molecule has 0 heterocycles. The number of nitro groups is 1. The standard InChI is InChI=1S/C34H36NO7P/c36-27-13-22-32(42-43(39,40-30-18-9-3-10-19-30)41-31-20-11-4-12-21-31)34(35(37)38)25-23-33(24-26-34,28-14-5-1-6-15-28)29-16-7-2-8-17-29/h1-12,14-21,32,36H,13,22-27H2/t32-/m1/s1. The lowest BCUT2D eigenvalue weighted by Gasteiger charge is -2.45. The van der Waals surface area contributed by atoms with Crippen LogP contribution in [0.2, 0.25) is 0 Å². The van der Waals surface area contributed by atoms with Crippen LogP contribution in [0.4, 0.5) is 0 Å². The zero-order valence-electron chi connectivity index (χ0n) is 23.9. The second-order valence-corrected chi connectivity index (χ2v) is 12.4. The Bertz CT molecular complexity index is 1410. The van der Waals surface area contributed by atoms with Gasteiger partial charge in [0.15, 0.2) is 0 Å². The number of rotatable bonds is 13. The van der Waals surface area contributed by atoms with Crippen molar-refractivity contribution in [2.45, 2.75) is 55.6 Å². The van der Waals surface area contributed by atoms with Gasteiger partial charge in [0.2, 0.25) is 5.54 Å². The SMILES string of the molecule is O=[N+]([O-])C1([C@@H](CCCO)OP(=O)(Oc2ccccc2)Oc2ccccc2)CCC(c2ccccc2)(c2ccccc2)CC1. The van der Waals surface area contributed by atoms with Gasteiger partial charge in [-0.3, -0.25) is 14.6 Å². The summed E-state index contributed by atoms with van der Waals surface area (Å²) in [5, 5.41) is 22.8. The van der Waals surface area contributed by atoms with E-state index in [2.05, 4.69) is 24.3 Å². The smallest absolute Gasteiger partial charge is 0.396 e. The zero-order chi connectivity index (χ0) is 30.2. The van der Waals surface area contributed by atoms with Crippen molar-refractivity contribution in [1.82, 2.24) is 0 Å². The molecule has 5 rings (SSSR count). The Kier molecular flexibility index (Phi) is 9.61. The third kappa shape index (κ3) is 6.83. The highest BCUT2D eigenvalue weighted by molar-refractivity contribution is 7.49. The number of benzene rings is 4. The predicted octanol–water partition coefficient (Wildman–Crippen LogP) is 7.99. The summed E-state index contributed by atoms with van der Waals surface area (Å²) in [5.74, 6) is 0.488. The average Bonchev–Trinajstić information content (AvgIpc) is 3.04. The van der Waals surface area contributed by atoms with E-state index >= 15 is 0 Å². The number of hydrogen-bond acceptors (Lipinski definition) is 7. The van der Waals surface area contributed by atoms with E-state index in [0.717, 1.165) is 11.1 Å². The average molecular weight is 602 g/mol. The molecule has 8 nitrogen and oxygen atoms in total. The summed E-state index contributed by atoms with van der Waals surface area (Å²) in [6.45, 7) is -0.199. The van der Waals surface area contributed by atoms with Crippen molar-refractivity contribution in [3.05, 3.63) is 143 Å². The van der Waals surface area contributed by atoms with Crippen LogP contribution >= 0.6 is 7.82 Å². The molecular weight excluding hydrogens is 565 g/mol. The monoisotopic (exact) mass is 601 g/mol. The van der Waals surface area contributed by atoms with Crippen LogP contribution < -0.4 is 9.05 Å². The first-order chi connectivity index (χ1) is 20.9. The molecule has 9 heteroatoms. The van der Waals surface area contributed by atoms with Crippen LogP contribution in [-0.2, 0) is 14.5 Å². The van der Waals surface area contributed by atoms with Crippen molar-refractivity contribution >= 4 is 7.82 Å². The second-order valence-electron chi connectivity index (χ2n) is 10.9. The predicted molar refractivity (Wildman–Crippen MR) is 165 cm³/mol. The first-order valence-corrected chi connectivity index (χ1v) is 16.0. The zero-order valence-corrected chi connectivity index (χ0v) is 24.8. The van der Waals surface area contributed by atoms with Gasteiger partial charge in [0.25, 0.3) is 0 Å². The fraction of sp³-hybridized carbons (Fsp3) is 0.294. The molecule has 1 saturated carbocycles. The number of hydrogen-bond donors (Lipinski definition) is 1. The number of nitrogens with zero attached hydrogens (tertiary/aromatic N) is 1. The quantitative estimate of drug-likeness (QED) is 0.0940. The third-order valence-electron chi connectivity index (χ3n) is 8.39. The van der Waals surface area contributed by atoms with Crippen molar-refractivity contribution in [2.24, 2.45) is 0 Å². The Morgan fingerprint density at radius 1 is 0.721 bits per heavy atom. The van der Waals surface area contributed by atoms with Crippen LogP contribution in [0.5, 0.6) is 11.5 Å². The van der Waals surface area contributed by atoms with Gasteiger partial charge in [-0.2, -0.15) is 0 Å². The molecule has 1 fully saturated rings. The summed E-state index contributed by atoms with van der Waals surface area (Å²) in [6.07, 6.45) is 0.445. The number of phosphoric ester groups is 1. The highest BCUT2D eigenvalue weighted by Crippen LogP contribution is 2.56. The van der Waals surface area contributed by atoms with Crippen LogP contribution in [0, 0.1) is 10.1 Å². The molecule has 1 atom stereocenters. The molecule has 1 aliphatic rings. The van der Waals surface area contributed by atoms with Crippen molar-refractivity contribution < 1.29 is 28.2 Å². The molecule has 0 unspecified atom stereocenters. The number of aliphatic hydroxyl groups excluding tert-OH is 1. The van der Waals surface area contributed by atoms with Gasteiger partial charge in [-0.15, -0.1) is 0 Å². The molecule has 4 aromatic carbocycles. The molecule has 224 valence electrons. The fourth-order valence-corrected chi connectivity index (χ4v) is 7.62. The Morgan fingerprint density at radius 2 is 1.14 bits per heavy atom. The molecule has 1 aliphatic carbocycles. The van der Waals surface area contributed by atoms with E-state index in [-0.39, 0.29) is 48.7 Å². The van der Waals surface area contributed by atoms with E-state index in [4.69, 9.17) is 13.6 Å². The molecule has 0 aromatic heterocycles. The second kappa shape index (κ2) is 13.6. The Labute approximate surface area is 252 Å². The van der Waals surface area contributed by atoms with Gasteiger partial charge in [0.1, 0.15) is 17.6 Å². The van der Waals surface area contributed by atoms with Crippen LogP contribution in [0.3, 0.4) is 0 Å². The van der Waals surface area contributed by atoms with E-state index in [9.17, 15) is 19.8 Å². The van der Waals surface area contributed by atoms with Crippen LogP contribution in [0.15, 0.2) is 121 Å². The van der Waals surface area contributed by atoms with Gasteiger partial charge < -0.3 is 14.2 Å². The van der Waals surface area contributed by atoms with Crippen molar-refractivity contribution in [3.8, 4) is 11.5 Å². The molecule has 0 saturated heterocycles.